The van der Waals surface area contributed by atoms with Gasteiger partial charge < -0.3 is 10.0 Å². The number of piperidine rings is 1. The molecule has 0 spiro atoms. The zero-order valence-electron chi connectivity index (χ0n) is 16.2. The van der Waals surface area contributed by atoms with Gasteiger partial charge in [0.25, 0.3) is 0 Å². The lowest BCUT2D eigenvalue weighted by molar-refractivity contribution is -0.131. The maximum absolute atomic E-state index is 12.7. The first-order valence-electron chi connectivity index (χ1n) is 9.45. The molecule has 2 heterocycles. The van der Waals surface area contributed by atoms with Crippen LogP contribution in [-0.2, 0) is 24.7 Å². The minimum Gasteiger partial charge on any atom is -0.478 e. The van der Waals surface area contributed by atoms with Crippen LogP contribution in [0.5, 0.6) is 0 Å². The van der Waals surface area contributed by atoms with Crippen LogP contribution in [0.1, 0.15) is 45.7 Å². The highest BCUT2D eigenvalue weighted by Crippen LogP contribution is 2.24. The minimum atomic E-state index is -0.875. The van der Waals surface area contributed by atoms with Gasteiger partial charge >= 0.3 is 5.97 Å². The van der Waals surface area contributed by atoms with E-state index >= 15 is 0 Å². The molecule has 144 valence electrons. The van der Waals surface area contributed by atoms with Gasteiger partial charge in [0.2, 0.25) is 5.91 Å². The first-order valence-corrected chi connectivity index (χ1v) is 9.45. The van der Waals surface area contributed by atoms with Crippen molar-refractivity contribution in [1.82, 2.24) is 14.7 Å². The van der Waals surface area contributed by atoms with E-state index in [0.717, 1.165) is 54.9 Å². The smallest absolute Gasteiger partial charge is 0.335 e. The zero-order chi connectivity index (χ0) is 19.6. The molecule has 1 aromatic carbocycles. The van der Waals surface area contributed by atoms with Crippen molar-refractivity contribution in [3.05, 3.63) is 52.3 Å². The topological polar surface area (TPSA) is 75.4 Å². The standard InChI is InChI=1S/C21H27N3O3/c1-14-19(15(2)23(3)22-14)13-20(25)24-10-8-16(9-11-24)12-17-6-4-5-7-18(17)21(26)27/h4-7,16H,8-13H2,1-3H3,(H,26,27). The summed E-state index contributed by atoms with van der Waals surface area (Å²) < 4.78 is 1.82. The molecule has 1 aliphatic rings. The highest BCUT2D eigenvalue weighted by Gasteiger charge is 2.25. The lowest BCUT2D eigenvalue weighted by atomic mass is 9.88. The molecule has 6 nitrogen and oxygen atoms in total. The fourth-order valence-electron chi connectivity index (χ4n) is 3.94. The lowest BCUT2D eigenvalue weighted by Gasteiger charge is -2.32. The third-order valence-electron chi connectivity index (χ3n) is 5.71. The van der Waals surface area contributed by atoms with Gasteiger partial charge in [-0.15, -0.1) is 0 Å². The number of amides is 1. The largest absolute Gasteiger partial charge is 0.478 e. The number of carbonyl (C=O) groups excluding carboxylic acids is 1. The van der Waals surface area contributed by atoms with Crippen LogP contribution < -0.4 is 0 Å². The Bertz CT molecular complexity index is 848. The van der Waals surface area contributed by atoms with E-state index in [1.165, 1.54) is 0 Å². The Kier molecular flexibility index (Phi) is 5.63. The van der Waals surface area contributed by atoms with Gasteiger partial charge in [0.05, 0.1) is 17.7 Å². The molecule has 0 radical (unpaired) electrons. The molecule has 1 aliphatic heterocycles. The van der Waals surface area contributed by atoms with Crippen LogP contribution in [0.4, 0.5) is 0 Å². The molecule has 0 unspecified atom stereocenters. The number of aromatic carboxylic acids is 1. The number of carbonyl (C=O) groups is 2. The minimum absolute atomic E-state index is 0.151. The van der Waals surface area contributed by atoms with Crippen LogP contribution in [0.2, 0.25) is 0 Å². The van der Waals surface area contributed by atoms with Gasteiger partial charge in [-0.25, -0.2) is 4.79 Å². The van der Waals surface area contributed by atoms with Crippen molar-refractivity contribution in [1.29, 1.82) is 0 Å². The van der Waals surface area contributed by atoms with Crippen LogP contribution in [-0.4, -0.2) is 44.8 Å². The second-order valence-corrected chi connectivity index (χ2v) is 7.44. The van der Waals surface area contributed by atoms with Crippen LogP contribution in [0.25, 0.3) is 0 Å². The van der Waals surface area contributed by atoms with Crippen molar-refractivity contribution in [3.63, 3.8) is 0 Å². The molecule has 1 aromatic heterocycles. The highest BCUT2D eigenvalue weighted by molar-refractivity contribution is 5.89. The average molecular weight is 369 g/mol. The second kappa shape index (κ2) is 7.94. The Morgan fingerprint density at radius 1 is 1.19 bits per heavy atom. The number of benzene rings is 1. The maximum Gasteiger partial charge on any atom is 0.335 e. The summed E-state index contributed by atoms with van der Waals surface area (Å²) in [4.78, 5) is 26.0. The predicted octanol–water partition coefficient (Wildman–Crippen LogP) is 2.76. The van der Waals surface area contributed by atoms with Gasteiger partial charge in [-0.1, -0.05) is 18.2 Å². The van der Waals surface area contributed by atoms with E-state index in [4.69, 9.17) is 0 Å². The summed E-state index contributed by atoms with van der Waals surface area (Å²) in [7, 11) is 1.90. The molecule has 3 rings (SSSR count). The molecule has 0 bridgehead atoms. The number of aryl methyl sites for hydroxylation is 2. The Morgan fingerprint density at radius 2 is 1.85 bits per heavy atom. The van der Waals surface area contributed by atoms with Crippen molar-refractivity contribution in [2.45, 2.75) is 39.5 Å². The van der Waals surface area contributed by atoms with Gasteiger partial charge in [0, 0.05) is 31.4 Å². The Balaban J connectivity index is 1.57. The molecule has 6 heteroatoms. The number of hydrogen-bond donors (Lipinski definition) is 1. The fourth-order valence-corrected chi connectivity index (χ4v) is 3.94. The van der Waals surface area contributed by atoms with Crippen LogP contribution in [0.15, 0.2) is 24.3 Å². The van der Waals surface area contributed by atoms with E-state index in [2.05, 4.69) is 5.10 Å². The van der Waals surface area contributed by atoms with Gasteiger partial charge in [0.15, 0.2) is 0 Å². The second-order valence-electron chi connectivity index (χ2n) is 7.44. The van der Waals surface area contributed by atoms with E-state index in [-0.39, 0.29) is 5.91 Å². The average Bonchev–Trinajstić information content (AvgIpc) is 2.88. The van der Waals surface area contributed by atoms with Gasteiger partial charge in [0.1, 0.15) is 0 Å². The summed E-state index contributed by atoms with van der Waals surface area (Å²) in [5.74, 6) is -0.310. The number of carboxylic acids is 1. The first kappa shape index (κ1) is 19.1. The quantitative estimate of drug-likeness (QED) is 0.879. The van der Waals surface area contributed by atoms with Crippen molar-refractivity contribution >= 4 is 11.9 Å². The molecular weight excluding hydrogens is 342 g/mol. The highest BCUT2D eigenvalue weighted by atomic mass is 16.4. The maximum atomic E-state index is 12.7. The summed E-state index contributed by atoms with van der Waals surface area (Å²) in [6, 6.07) is 7.21. The molecular formula is C21H27N3O3. The van der Waals surface area contributed by atoms with Crippen molar-refractivity contribution < 1.29 is 14.7 Å². The summed E-state index contributed by atoms with van der Waals surface area (Å²) in [6.07, 6.45) is 2.97. The number of carboxylic acid groups (broad SMARTS) is 1. The first-order chi connectivity index (χ1) is 12.9. The van der Waals surface area contributed by atoms with Gasteiger partial charge in [-0.3, -0.25) is 9.48 Å². The molecule has 0 aliphatic carbocycles. The lowest BCUT2D eigenvalue weighted by Crippen LogP contribution is -2.39. The Morgan fingerprint density at radius 3 is 2.44 bits per heavy atom. The fraction of sp³-hybridized carbons (Fsp3) is 0.476. The zero-order valence-corrected chi connectivity index (χ0v) is 16.2. The molecule has 0 saturated carbocycles. The number of hydrogen-bond acceptors (Lipinski definition) is 3. The number of likely N-dealkylation sites (tertiary alicyclic amines) is 1. The van der Waals surface area contributed by atoms with E-state index < -0.39 is 5.97 Å². The van der Waals surface area contributed by atoms with Crippen molar-refractivity contribution in [2.24, 2.45) is 13.0 Å². The normalized spacial score (nSPS) is 15.1. The van der Waals surface area contributed by atoms with Crippen LogP contribution in [0.3, 0.4) is 0 Å². The number of aromatic nitrogens is 2. The molecule has 0 atom stereocenters. The molecule has 1 fully saturated rings. The van der Waals surface area contributed by atoms with Crippen molar-refractivity contribution in [2.75, 3.05) is 13.1 Å². The Labute approximate surface area is 159 Å². The monoisotopic (exact) mass is 369 g/mol. The SMILES string of the molecule is Cc1nn(C)c(C)c1CC(=O)N1CCC(Cc2ccccc2C(=O)O)CC1. The number of rotatable bonds is 5. The number of nitrogens with zero attached hydrogens (tertiary/aromatic N) is 3. The summed E-state index contributed by atoms with van der Waals surface area (Å²) in [5, 5.41) is 13.7. The molecule has 1 amide bonds. The van der Waals surface area contributed by atoms with Crippen molar-refractivity contribution in [3.8, 4) is 0 Å². The van der Waals surface area contributed by atoms with E-state index in [9.17, 15) is 14.7 Å². The molecule has 1 saturated heterocycles. The third-order valence-corrected chi connectivity index (χ3v) is 5.71. The van der Waals surface area contributed by atoms with Crippen LogP contribution in [0, 0.1) is 19.8 Å². The third kappa shape index (κ3) is 4.21. The summed E-state index contributed by atoms with van der Waals surface area (Å²) >= 11 is 0. The van der Waals surface area contributed by atoms with Gasteiger partial charge in [-0.2, -0.15) is 5.10 Å². The van der Waals surface area contributed by atoms with E-state index in [1.54, 1.807) is 12.1 Å². The molecule has 2 aromatic rings. The van der Waals surface area contributed by atoms with Gasteiger partial charge in [-0.05, 0) is 50.7 Å². The Hall–Kier alpha value is -2.63. The summed E-state index contributed by atoms with van der Waals surface area (Å²) in [5.41, 5.74) is 4.26. The molecule has 27 heavy (non-hydrogen) atoms. The summed E-state index contributed by atoms with van der Waals surface area (Å²) in [6.45, 7) is 5.41. The van der Waals surface area contributed by atoms with Crippen LogP contribution >= 0.6 is 0 Å². The predicted molar refractivity (Wildman–Crippen MR) is 103 cm³/mol. The van der Waals surface area contributed by atoms with E-state index in [1.807, 2.05) is 42.6 Å². The van der Waals surface area contributed by atoms with E-state index in [0.29, 0.717) is 17.9 Å². The molecule has 1 N–H and O–H groups in total.